The third-order valence-electron chi connectivity index (χ3n) is 3.24. The molecule has 22 heavy (non-hydrogen) atoms. The quantitative estimate of drug-likeness (QED) is 0.861. The third kappa shape index (κ3) is 3.98. The fourth-order valence-electron chi connectivity index (χ4n) is 2.03. The largest absolute Gasteiger partial charge is 0.382 e. The molecule has 0 bridgehead atoms. The summed E-state index contributed by atoms with van der Waals surface area (Å²) >= 11 is 5.84. The molecule has 2 N–H and O–H groups in total. The Kier molecular flexibility index (Phi) is 5.38. The minimum Gasteiger partial charge on any atom is -0.382 e. The Morgan fingerprint density at radius 3 is 2.73 bits per heavy atom. The van der Waals surface area contributed by atoms with Crippen molar-refractivity contribution < 1.29 is 14.4 Å². The highest BCUT2D eigenvalue weighted by Gasteiger charge is 2.30. The first kappa shape index (κ1) is 16.3. The van der Waals surface area contributed by atoms with Gasteiger partial charge in [-0.3, -0.25) is 9.59 Å². The van der Waals surface area contributed by atoms with Crippen LogP contribution in [-0.4, -0.2) is 36.2 Å². The van der Waals surface area contributed by atoms with E-state index in [-0.39, 0.29) is 11.8 Å². The molecule has 1 aliphatic heterocycles. The maximum Gasteiger partial charge on any atom is 0.264 e. The van der Waals surface area contributed by atoms with Crippen LogP contribution in [0.3, 0.4) is 0 Å². The van der Waals surface area contributed by atoms with Crippen LogP contribution in [0.4, 0.5) is 0 Å². The predicted molar refractivity (Wildman–Crippen MR) is 83.8 cm³/mol. The van der Waals surface area contributed by atoms with Crippen LogP contribution in [-0.2, 0) is 14.4 Å². The van der Waals surface area contributed by atoms with Crippen LogP contribution >= 0.6 is 11.6 Å². The molecular formula is C15H18ClN3O3. The summed E-state index contributed by atoms with van der Waals surface area (Å²) in [4.78, 5) is 28.9. The standard InChI is InChI=1S/C15H18ClN3O3/c1-3-17-14(20)9(2)18-15(21)13-8-12(19-22-13)10-4-6-11(16)7-5-10/h4-7,9,13H,3,8H2,1-2H3,(H,17,20)(H,18,21)/t9-,13-/m1/s1. The molecular weight excluding hydrogens is 306 g/mol. The summed E-state index contributed by atoms with van der Waals surface area (Å²) in [6.45, 7) is 3.96. The van der Waals surface area contributed by atoms with Gasteiger partial charge in [-0.1, -0.05) is 28.9 Å². The number of likely N-dealkylation sites (N-methyl/N-ethyl adjacent to an activating group) is 1. The molecule has 0 saturated heterocycles. The van der Waals surface area contributed by atoms with Gasteiger partial charge >= 0.3 is 0 Å². The molecule has 1 heterocycles. The minimum atomic E-state index is -0.720. The number of rotatable bonds is 5. The number of nitrogens with zero attached hydrogens (tertiary/aromatic N) is 1. The molecule has 2 amide bonds. The van der Waals surface area contributed by atoms with Gasteiger partial charge in [-0.05, 0) is 31.5 Å². The number of nitrogens with one attached hydrogen (secondary N) is 2. The number of halogens is 1. The topological polar surface area (TPSA) is 79.8 Å². The molecule has 0 saturated carbocycles. The van der Waals surface area contributed by atoms with Gasteiger partial charge in [0.1, 0.15) is 6.04 Å². The maximum atomic E-state index is 12.1. The fourth-order valence-corrected chi connectivity index (χ4v) is 2.16. The Morgan fingerprint density at radius 1 is 1.41 bits per heavy atom. The van der Waals surface area contributed by atoms with E-state index < -0.39 is 12.1 Å². The Labute approximate surface area is 133 Å². The van der Waals surface area contributed by atoms with Crippen LogP contribution in [0.1, 0.15) is 25.8 Å². The van der Waals surface area contributed by atoms with Crippen LogP contribution in [0.2, 0.25) is 5.02 Å². The number of amides is 2. The number of hydrogen-bond donors (Lipinski definition) is 2. The second-order valence-corrected chi connectivity index (χ2v) is 5.40. The molecule has 2 rings (SSSR count). The van der Waals surface area contributed by atoms with Crippen molar-refractivity contribution in [3.05, 3.63) is 34.9 Å². The van der Waals surface area contributed by atoms with Gasteiger partial charge in [0.15, 0.2) is 0 Å². The fraction of sp³-hybridized carbons (Fsp3) is 0.400. The van der Waals surface area contributed by atoms with E-state index in [2.05, 4.69) is 15.8 Å². The molecule has 6 nitrogen and oxygen atoms in total. The molecule has 0 aromatic heterocycles. The third-order valence-corrected chi connectivity index (χ3v) is 3.49. The normalized spacial score (nSPS) is 18.1. The summed E-state index contributed by atoms with van der Waals surface area (Å²) in [5.74, 6) is -0.584. The van der Waals surface area contributed by atoms with Crippen LogP contribution in [0.5, 0.6) is 0 Å². The van der Waals surface area contributed by atoms with Crippen molar-refractivity contribution in [1.29, 1.82) is 0 Å². The van der Waals surface area contributed by atoms with Crippen molar-refractivity contribution in [3.8, 4) is 0 Å². The Morgan fingerprint density at radius 2 is 2.09 bits per heavy atom. The molecule has 1 aromatic rings. The first-order valence-corrected chi connectivity index (χ1v) is 7.45. The van der Waals surface area contributed by atoms with Crippen LogP contribution in [0.15, 0.2) is 29.4 Å². The molecule has 1 aliphatic rings. The van der Waals surface area contributed by atoms with Gasteiger partial charge in [0.05, 0.1) is 5.71 Å². The second kappa shape index (κ2) is 7.26. The lowest BCUT2D eigenvalue weighted by atomic mass is 10.0. The van der Waals surface area contributed by atoms with E-state index in [0.717, 1.165) is 5.56 Å². The Hall–Kier alpha value is -2.08. The van der Waals surface area contributed by atoms with Crippen LogP contribution < -0.4 is 10.6 Å². The molecule has 7 heteroatoms. The van der Waals surface area contributed by atoms with Gasteiger partial charge < -0.3 is 15.5 Å². The number of carbonyl (C=O) groups is 2. The molecule has 2 atom stereocenters. The molecule has 0 radical (unpaired) electrons. The van der Waals surface area contributed by atoms with E-state index >= 15 is 0 Å². The molecule has 0 spiro atoms. The SMILES string of the molecule is CCNC(=O)[C@@H](C)NC(=O)[C@H]1CC(c2ccc(Cl)cc2)=NO1. The number of oxime groups is 1. The number of benzene rings is 1. The van der Waals surface area contributed by atoms with E-state index in [1.807, 2.05) is 19.1 Å². The van der Waals surface area contributed by atoms with Crippen molar-refractivity contribution >= 4 is 29.1 Å². The van der Waals surface area contributed by atoms with Gasteiger partial charge in [-0.15, -0.1) is 0 Å². The zero-order valence-corrected chi connectivity index (χ0v) is 13.2. The van der Waals surface area contributed by atoms with Gasteiger partial charge in [0.2, 0.25) is 12.0 Å². The van der Waals surface area contributed by atoms with Crippen molar-refractivity contribution in [2.24, 2.45) is 5.16 Å². The molecule has 0 aliphatic carbocycles. The van der Waals surface area contributed by atoms with Crippen LogP contribution in [0.25, 0.3) is 0 Å². The summed E-state index contributed by atoms with van der Waals surface area (Å²) in [6.07, 6.45) is -0.363. The molecule has 0 unspecified atom stereocenters. The summed E-state index contributed by atoms with van der Waals surface area (Å²) < 4.78 is 0. The molecule has 0 fully saturated rings. The van der Waals surface area contributed by atoms with E-state index in [4.69, 9.17) is 16.4 Å². The van der Waals surface area contributed by atoms with E-state index in [1.165, 1.54) is 0 Å². The highest BCUT2D eigenvalue weighted by Crippen LogP contribution is 2.18. The lowest BCUT2D eigenvalue weighted by Gasteiger charge is -2.15. The van der Waals surface area contributed by atoms with E-state index in [9.17, 15) is 9.59 Å². The monoisotopic (exact) mass is 323 g/mol. The average Bonchev–Trinajstić information content (AvgIpc) is 2.98. The van der Waals surface area contributed by atoms with Crippen molar-refractivity contribution in [2.75, 3.05) is 6.54 Å². The average molecular weight is 324 g/mol. The summed E-state index contributed by atoms with van der Waals surface area (Å²) in [6, 6.07) is 6.54. The highest BCUT2D eigenvalue weighted by molar-refractivity contribution is 6.30. The smallest absolute Gasteiger partial charge is 0.264 e. The Balaban J connectivity index is 1.90. The minimum absolute atomic E-state index is 0.229. The highest BCUT2D eigenvalue weighted by atomic mass is 35.5. The summed E-state index contributed by atoms with van der Waals surface area (Å²) in [7, 11) is 0. The maximum absolute atomic E-state index is 12.1. The summed E-state index contributed by atoms with van der Waals surface area (Å²) in [5.41, 5.74) is 1.54. The second-order valence-electron chi connectivity index (χ2n) is 4.97. The lowest BCUT2D eigenvalue weighted by molar-refractivity contribution is -0.135. The number of carbonyl (C=O) groups excluding carboxylic acids is 2. The number of hydrogen-bond acceptors (Lipinski definition) is 4. The van der Waals surface area contributed by atoms with Crippen molar-refractivity contribution in [2.45, 2.75) is 32.4 Å². The van der Waals surface area contributed by atoms with Crippen molar-refractivity contribution in [3.63, 3.8) is 0 Å². The van der Waals surface area contributed by atoms with Gasteiger partial charge in [0.25, 0.3) is 5.91 Å². The summed E-state index contributed by atoms with van der Waals surface area (Å²) in [5, 5.41) is 9.83. The molecule has 1 aromatic carbocycles. The Bertz CT molecular complexity index is 586. The van der Waals surface area contributed by atoms with Gasteiger partial charge in [-0.25, -0.2) is 0 Å². The molecule has 118 valence electrons. The van der Waals surface area contributed by atoms with Crippen LogP contribution in [0, 0.1) is 0 Å². The zero-order valence-electron chi connectivity index (χ0n) is 12.4. The van der Waals surface area contributed by atoms with Crippen molar-refractivity contribution in [1.82, 2.24) is 10.6 Å². The van der Waals surface area contributed by atoms with E-state index in [1.54, 1.807) is 19.1 Å². The predicted octanol–water partition coefficient (Wildman–Crippen LogP) is 1.47. The van der Waals surface area contributed by atoms with Gasteiger partial charge in [-0.2, -0.15) is 0 Å². The van der Waals surface area contributed by atoms with E-state index in [0.29, 0.717) is 23.7 Å². The first-order valence-electron chi connectivity index (χ1n) is 7.08. The first-order chi connectivity index (χ1) is 10.5. The lowest BCUT2D eigenvalue weighted by Crippen LogP contribution is -2.48. The zero-order chi connectivity index (χ0) is 16.1. The van der Waals surface area contributed by atoms with Gasteiger partial charge in [0, 0.05) is 18.0 Å².